The summed E-state index contributed by atoms with van der Waals surface area (Å²) in [5, 5.41) is 1.23. The van der Waals surface area contributed by atoms with E-state index in [1.807, 2.05) is 6.07 Å². The first-order chi connectivity index (χ1) is 8.50. The van der Waals surface area contributed by atoms with Crippen molar-refractivity contribution in [2.24, 2.45) is 11.1 Å². The molecule has 1 heterocycles. The maximum atomic E-state index is 5.64. The lowest BCUT2D eigenvalue weighted by molar-refractivity contribution is 0.313. The van der Waals surface area contributed by atoms with E-state index in [1.165, 1.54) is 9.71 Å². The van der Waals surface area contributed by atoms with E-state index >= 15 is 0 Å². The number of fused-ring (bicyclic) bond motifs is 1. The van der Waals surface area contributed by atoms with Gasteiger partial charge in [-0.1, -0.05) is 29.8 Å². The number of benzene rings is 1. The molecule has 0 spiro atoms. The molecule has 0 radical (unpaired) electrons. The highest BCUT2D eigenvalue weighted by Crippen LogP contribution is 2.30. The number of rotatable bonds is 5. The molecular weight excluding hydrogens is 308 g/mol. The van der Waals surface area contributed by atoms with Gasteiger partial charge in [0, 0.05) is 4.47 Å². The zero-order chi connectivity index (χ0) is 13.2. The largest absolute Gasteiger partial charge is 0.330 e. The molecule has 0 amide bonds. The van der Waals surface area contributed by atoms with Crippen LogP contribution in [0.15, 0.2) is 22.7 Å². The summed E-state index contributed by atoms with van der Waals surface area (Å²) in [6.45, 7) is 5.33. The molecule has 18 heavy (non-hydrogen) atoms. The molecule has 0 saturated heterocycles. The van der Waals surface area contributed by atoms with E-state index in [0.29, 0.717) is 5.41 Å². The molecule has 2 nitrogen and oxygen atoms in total. The van der Waals surface area contributed by atoms with Gasteiger partial charge >= 0.3 is 0 Å². The molecule has 0 aliphatic heterocycles. The number of thiazole rings is 1. The van der Waals surface area contributed by atoms with Gasteiger partial charge in [0.2, 0.25) is 0 Å². The molecule has 1 aromatic carbocycles. The van der Waals surface area contributed by atoms with Gasteiger partial charge in [-0.15, -0.1) is 11.3 Å². The third kappa shape index (κ3) is 3.53. The fourth-order valence-corrected chi connectivity index (χ4v) is 3.53. The van der Waals surface area contributed by atoms with Crippen LogP contribution in [0.3, 0.4) is 0 Å². The van der Waals surface area contributed by atoms with Crippen LogP contribution in [0.5, 0.6) is 0 Å². The minimum atomic E-state index is 0.313. The second-order valence-electron chi connectivity index (χ2n) is 5.42. The molecule has 0 fully saturated rings. The number of nitrogens with zero attached hydrogens (tertiary/aromatic N) is 1. The van der Waals surface area contributed by atoms with Crippen molar-refractivity contribution < 1.29 is 0 Å². The molecule has 2 rings (SSSR count). The van der Waals surface area contributed by atoms with Crippen molar-refractivity contribution in [1.29, 1.82) is 0 Å². The van der Waals surface area contributed by atoms with Crippen molar-refractivity contribution in [2.75, 3.05) is 6.54 Å². The molecular formula is C14H19BrN2S. The predicted octanol–water partition coefficient (Wildman–Crippen LogP) is 4.37. The Labute approximate surface area is 121 Å². The minimum Gasteiger partial charge on any atom is -0.330 e. The smallest absolute Gasteiger partial charge is 0.0938 e. The Morgan fingerprint density at radius 2 is 2.11 bits per heavy atom. The molecule has 1 aromatic heterocycles. The lowest BCUT2D eigenvalue weighted by Crippen LogP contribution is -2.17. The Balaban J connectivity index is 2.08. The zero-order valence-electron chi connectivity index (χ0n) is 10.9. The monoisotopic (exact) mass is 326 g/mol. The Bertz CT molecular complexity index is 534. The quantitative estimate of drug-likeness (QED) is 0.886. The highest BCUT2D eigenvalue weighted by molar-refractivity contribution is 9.10. The van der Waals surface area contributed by atoms with Crippen molar-refractivity contribution in [3.8, 4) is 0 Å². The SMILES string of the molecule is CC(C)(CCN)CCc1nc2ccc(Br)cc2s1. The molecule has 0 unspecified atom stereocenters. The summed E-state index contributed by atoms with van der Waals surface area (Å²) in [5.74, 6) is 0. The first-order valence-electron chi connectivity index (χ1n) is 6.25. The Hall–Kier alpha value is -0.450. The average Bonchev–Trinajstić information content (AvgIpc) is 2.68. The summed E-state index contributed by atoms with van der Waals surface area (Å²) < 4.78 is 2.38. The molecule has 0 aliphatic carbocycles. The molecule has 2 aromatic rings. The van der Waals surface area contributed by atoms with Crippen molar-refractivity contribution >= 4 is 37.5 Å². The van der Waals surface area contributed by atoms with Gasteiger partial charge in [-0.2, -0.15) is 0 Å². The number of hydrogen-bond donors (Lipinski definition) is 1. The van der Waals surface area contributed by atoms with Crippen LogP contribution in [-0.4, -0.2) is 11.5 Å². The van der Waals surface area contributed by atoms with Gasteiger partial charge in [-0.25, -0.2) is 4.98 Å². The second-order valence-corrected chi connectivity index (χ2v) is 7.45. The van der Waals surface area contributed by atoms with E-state index in [4.69, 9.17) is 5.73 Å². The number of aromatic nitrogens is 1. The number of hydrogen-bond acceptors (Lipinski definition) is 3. The van der Waals surface area contributed by atoms with Crippen LogP contribution in [-0.2, 0) is 6.42 Å². The van der Waals surface area contributed by atoms with E-state index in [9.17, 15) is 0 Å². The van der Waals surface area contributed by atoms with Crippen LogP contribution in [0.4, 0.5) is 0 Å². The minimum absolute atomic E-state index is 0.313. The summed E-state index contributed by atoms with van der Waals surface area (Å²) in [6.07, 6.45) is 3.26. The van der Waals surface area contributed by atoms with Crippen LogP contribution in [0.2, 0.25) is 0 Å². The second kappa shape index (κ2) is 5.68. The van der Waals surface area contributed by atoms with Crippen LogP contribution in [0.25, 0.3) is 10.2 Å². The zero-order valence-corrected chi connectivity index (χ0v) is 13.3. The van der Waals surface area contributed by atoms with E-state index in [2.05, 4.69) is 46.9 Å². The Kier molecular flexibility index (Phi) is 4.41. The Morgan fingerprint density at radius 3 is 2.83 bits per heavy atom. The topological polar surface area (TPSA) is 38.9 Å². The van der Waals surface area contributed by atoms with Crippen molar-refractivity contribution in [3.05, 3.63) is 27.7 Å². The molecule has 2 N–H and O–H groups in total. The number of nitrogens with two attached hydrogens (primary N) is 1. The van der Waals surface area contributed by atoms with Crippen LogP contribution in [0.1, 0.15) is 31.7 Å². The molecule has 0 aliphatic rings. The van der Waals surface area contributed by atoms with Crippen LogP contribution >= 0.6 is 27.3 Å². The van der Waals surface area contributed by atoms with E-state index in [1.54, 1.807) is 11.3 Å². The van der Waals surface area contributed by atoms with Crippen molar-refractivity contribution in [1.82, 2.24) is 4.98 Å². The summed E-state index contributed by atoms with van der Waals surface area (Å²) in [5.41, 5.74) is 7.06. The normalized spacial score (nSPS) is 12.2. The third-order valence-corrected chi connectivity index (χ3v) is 4.80. The standard InChI is InChI=1S/C14H19BrN2S/c1-14(2,7-8-16)6-5-13-17-11-4-3-10(15)9-12(11)18-13/h3-4,9H,5-8,16H2,1-2H3. The Morgan fingerprint density at radius 1 is 1.33 bits per heavy atom. The van der Waals surface area contributed by atoms with Gasteiger partial charge in [-0.05, 0) is 49.4 Å². The summed E-state index contributed by atoms with van der Waals surface area (Å²) >= 11 is 5.30. The first-order valence-corrected chi connectivity index (χ1v) is 7.86. The lowest BCUT2D eigenvalue weighted by Gasteiger charge is -2.22. The summed E-state index contributed by atoms with van der Waals surface area (Å²) in [6, 6.07) is 6.26. The number of aryl methyl sites for hydroxylation is 1. The van der Waals surface area contributed by atoms with Crippen LogP contribution < -0.4 is 5.73 Å². The maximum absolute atomic E-state index is 5.64. The molecule has 0 bridgehead atoms. The predicted molar refractivity (Wildman–Crippen MR) is 83.1 cm³/mol. The molecule has 98 valence electrons. The van der Waals surface area contributed by atoms with Gasteiger partial charge in [0.15, 0.2) is 0 Å². The van der Waals surface area contributed by atoms with Gasteiger partial charge in [0.1, 0.15) is 0 Å². The third-order valence-electron chi connectivity index (χ3n) is 3.23. The van der Waals surface area contributed by atoms with Crippen molar-refractivity contribution in [2.45, 2.75) is 33.1 Å². The highest BCUT2D eigenvalue weighted by Gasteiger charge is 2.17. The summed E-state index contributed by atoms with van der Waals surface area (Å²) in [7, 11) is 0. The van der Waals surface area contributed by atoms with Gasteiger partial charge in [0.25, 0.3) is 0 Å². The first kappa shape index (κ1) is 14.0. The number of halogens is 1. The maximum Gasteiger partial charge on any atom is 0.0938 e. The fourth-order valence-electron chi connectivity index (χ4n) is 2.01. The average molecular weight is 327 g/mol. The van der Waals surface area contributed by atoms with Gasteiger partial charge < -0.3 is 5.73 Å². The van der Waals surface area contributed by atoms with E-state index in [0.717, 1.165) is 35.8 Å². The summed E-state index contributed by atoms with van der Waals surface area (Å²) in [4.78, 5) is 4.68. The molecule has 0 atom stereocenters. The van der Waals surface area contributed by atoms with Gasteiger partial charge in [-0.3, -0.25) is 0 Å². The molecule has 0 saturated carbocycles. The fraction of sp³-hybridized carbons (Fsp3) is 0.500. The van der Waals surface area contributed by atoms with E-state index < -0.39 is 0 Å². The van der Waals surface area contributed by atoms with Crippen molar-refractivity contribution in [3.63, 3.8) is 0 Å². The van der Waals surface area contributed by atoms with Gasteiger partial charge in [0.05, 0.1) is 15.2 Å². The van der Waals surface area contributed by atoms with Crippen LogP contribution in [0, 0.1) is 5.41 Å². The lowest BCUT2D eigenvalue weighted by atomic mass is 9.84. The highest BCUT2D eigenvalue weighted by atomic mass is 79.9. The molecule has 4 heteroatoms. The van der Waals surface area contributed by atoms with E-state index in [-0.39, 0.29) is 0 Å².